The molecule has 1 saturated heterocycles. The number of likely N-dealkylation sites (N-methyl/N-ethyl adjacent to an activating group) is 1. The quantitative estimate of drug-likeness (QED) is 0.670. The van der Waals surface area contributed by atoms with Gasteiger partial charge in [-0.05, 0) is 56.3 Å². The van der Waals surface area contributed by atoms with Crippen molar-refractivity contribution in [2.45, 2.75) is 95.7 Å². The number of nitrogens with zero attached hydrogens (tertiary/aromatic N) is 2. The number of amides is 1. The topological polar surface area (TPSA) is 37.3 Å². The van der Waals surface area contributed by atoms with Crippen molar-refractivity contribution in [2.24, 2.45) is 5.92 Å². The van der Waals surface area contributed by atoms with E-state index >= 15 is 0 Å². The highest BCUT2D eigenvalue weighted by Crippen LogP contribution is 2.45. The summed E-state index contributed by atoms with van der Waals surface area (Å²) in [5, 5.41) is 4.93. The Kier molecular flexibility index (Phi) is 6.10. The third-order valence-corrected chi connectivity index (χ3v) is 8.25. The van der Waals surface area contributed by atoms with Crippen LogP contribution in [-0.2, 0) is 17.8 Å². The molecule has 3 atom stereocenters. The average molecular weight is 422 g/mol. The Balaban J connectivity index is 1.38. The molecule has 1 saturated carbocycles. The number of carbonyl (C=O) groups excluding carboxylic acids is 1. The minimum absolute atomic E-state index is 0.105. The SMILES string of the molecule is CCCCn1cc2c3c(cccc31)C1C[C@@H](C(=O)NC3CCCCCC3)CN(C)[C@@H]1C2. The Hall–Kier alpha value is -1.81. The molecule has 4 nitrogen and oxygen atoms in total. The van der Waals surface area contributed by atoms with Crippen LogP contribution < -0.4 is 5.32 Å². The van der Waals surface area contributed by atoms with E-state index < -0.39 is 0 Å². The first kappa shape index (κ1) is 21.1. The third-order valence-electron chi connectivity index (χ3n) is 8.25. The summed E-state index contributed by atoms with van der Waals surface area (Å²) in [6.07, 6.45) is 14.5. The van der Waals surface area contributed by atoms with Gasteiger partial charge in [-0.3, -0.25) is 4.79 Å². The van der Waals surface area contributed by atoms with Gasteiger partial charge in [0.15, 0.2) is 0 Å². The van der Waals surface area contributed by atoms with Crippen molar-refractivity contribution in [1.82, 2.24) is 14.8 Å². The van der Waals surface area contributed by atoms with Crippen molar-refractivity contribution in [3.8, 4) is 0 Å². The van der Waals surface area contributed by atoms with Gasteiger partial charge in [0.2, 0.25) is 5.91 Å². The lowest BCUT2D eigenvalue weighted by molar-refractivity contribution is -0.128. The number of benzene rings is 1. The van der Waals surface area contributed by atoms with Crippen LogP contribution in [0.2, 0.25) is 0 Å². The van der Waals surface area contributed by atoms with E-state index in [0.717, 1.165) is 38.8 Å². The summed E-state index contributed by atoms with van der Waals surface area (Å²) in [5.41, 5.74) is 4.39. The number of fused-ring (bicyclic) bond motifs is 2. The molecule has 1 N–H and O–H groups in total. The molecule has 1 unspecified atom stereocenters. The zero-order valence-electron chi connectivity index (χ0n) is 19.4. The molecule has 2 heterocycles. The summed E-state index contributed by atoms with van der Waals surface area (Å²) in [4.78, 5) is 15.7. The first-order valence-electron chi connectivity index (χ1n) is 12.8. The van der Waals surface area contributed by atoms with Crippen LogP contribution in [0.15, 0.2) is 24.4 Å². The maximum Gasteiger partial charge on any atom is 0.224 e. The van der Waals surface area contributed by atoms with E-state index in [9.17, 15) is 4.79 Å². The molecule has 1 aromatic carbocycles. The summed E-state index contributed by atoms with van der Waals surface area (Å²) < 4.78 is 2.48. The normalized spacial score (nSPS) is 27.1. The predicted octanol–water partition coefficient (Wildman–Crippen LogP) is 5.24. The van der Waals surface area contributed by atoms with Crippen molar-refractivity contribution in [2.75, 3.05) is 13.6 Å². The third kappa shape index (κ3) is 4.04. The smallest absolute Gasteiger partial charge is 0.224 e. The summed E-state index contributed by atoms with van der Waals surface area (Å²) in [6.45, 7) is 4.26. The van der Waals surface area contributed by atoms with Gasteiger partial charge in [-0.15, -0.1) is 0 Å². The molecule has 0 spiro atoms. The number of aryl methyl sites for hydroxylation is 1. The molecule has 1 amide bonds. The lowest BCUT2D eigenvalue weighted by Gasteiger charge is -2.45. The fourth-order valence-electron chi connectivity index (χ4n) is 6.56. The fourth-order valence-corrected chi connectivity index (χ4v) is 6.56. The Labute approximate surface area is 187 Å². The van der Waals surface area contributed by atoms with Crippen molar-refractivity contribution in [3.63, 3.8) is 0 Å². The van der Waals surface area contributed by atoms with Gasteiger partial charge in [-0.25, -0.2) is 0 Å². The minimum Gasteiger partial charge on any atom is -0.353 e. The van der Waals surface area contributed by atoms with Crippen molar-refractivity contribution >= 4 is 16.8 Å². The number of likely N-dealkylation sites (tertiary alicyclic amines) is 1. The molecule has 168 valence electrons. The van der Waals surface area contributed by atoms with Crippen molar-refractivity contribution in [3.05, 3.63) is 35.5 Å². The van der Waals surface area contributed by atoms with Gasteiger partial charge in [0.25, 0.3) is 0 Å². The van der Waals surface area contributed by atoms with E-state index in [1.165, 1.54) is 60.6 Å². The van der Waals surface area contributed by atoms with E-state index in [1.807, 2.05) is 0 Å². The van der Waals surface area contributed by atoms with E-state index in [4.69, 9.17) is 0 Å². The molecule has 2 aromatic rings. The van der Waals surface area contributed by atoms with E-state index in [0.29, 0.717) is 23.9 Å². The Morgan fingerprint density at radius 2 is 1.97 bits per heavy atom. The van der Waals surface area contributed by atoms with Gasteiger partial charge in [0.1, 0.15) is 0 Å². The van der Waals surface area contributed by atoms with Gasteiger partial charge in [-0.1, -0.05) is 51.2 Å². The number of nitrogens with one attached hydrogen (secondary N) is 1. The lowest BCUT2D eigenvalue weighted by Crippen LogP contribution is -2.52. The van der Waals surface area contributed by atoms with Gasteiger partial charge in [-0.2, -0.15) is 0 Å². The highest BCUT2D eigenvalue weighted by molar-refractivity contribution is 5.89. The second-order valence-corrected chi connectivity index (χ2v) is 10.4. The summed E-state index contributed by atoms with van der Waals surface area (Å²) in [5.74, 6) is 0.867. The first-order chi connectivity index (χ1) is 15.2. The number of carbonyl (C=O) groups is 1. The second-order valence-electron chi connectivity index (χ2n) is 10.4. The standard InChI is InChI=1S/C27H39N3O/c1-3-4-14-30-18-19-16-25-23(22-12-9-13-24(30)26(19)22)15-20(17-29(25)2)27(31)28-21-10-7-5-6-8-11-21/h9,12-13,18,20-21,23,25H,3-8,10-11,14-17H2,1-2H3,(H,28,31)/t20-,23?,25-/m1/s1. The van der Waals surface area contributed by atoms with Gasteiger partial charge in [0, 0.05) is 48.2 Å². The Morgan fingerprint density at radius 3 is 2.74 bits per heavy atom. The highest BCUT2D eigenvalue weighted by atomic mass is 16.2. The molecule has 3 aliphatic rings. The number of hydrogen-bond acceptors (Lipinski definition) is 2. The zero-order chi connectivity index (χ0) is 21.4. The van der Waals surface area contributed by atoms with E-state index in [-0.39, 0.29) is 5.92 Å². The molecule has 5 rings (SSSR count). The van der Waals surface area contributed by atoms with Gasteiger partial charge >= 0.3 is 0 Å². The molecule has 0 radical (unpaired) electrons. The molecule has 1 aliphatic heterocycles. The van der Waals surface area contributed by atoms with Crippen LogP contribution in [0.4, 0.5) is 0 Å². The predicted molar refractivity (Wildman–Crippen MR) is 127 cm³/mol. The molecular weight excluding hydrogens is 382 g/mol. The minimum atomic E-state index is 0.105. The maximum absolute atomic E-state index is 13.3. The zero-order valence-corrected chi connectivity index (χ0v) is 19.4. The number of hydrogen-bond donors (Lipinski definition) is 1. The van der Waals surface area contributed by atoms with Crippen molar-refractivity contribution < 1.29 is 4.79 Å². The summed E-state index contributed by atoms with van der Waals surface area (Å²) in [7, 11) is 2.24. The molecule has 31 heavy (non-hydrogen) atoms. The number of unbranched alkanes of at least 4 members (excludes halogenated alkanes) is 1. The van der Waals surface area contributed by atoms with Crippen LogP contribution in [0.3, 0.4) is 0 Å². The van der Waals surface area contributed by atoms with Gasteiger partial charge < -0.3 is 14.8 Å². The monoisotopic (exact) mass is 421 g/mol. The van der Waals surface area contributed by atoms with Crippen LogP contribution in [0.25, 0.3) is 10.9 Å². The largest absolute Gasteiger partial charge is 0.353 e. The van der Waals surface area contributed by atoms with Crippen LogP contribution in [0.5, 0.6) is 0 Å². The highest BCUT2D eigenvalue weighted by Gasteiger charge is 2.41. The van der Waals surface area contributed by atoms with Crippen LogP contribution in [0, 0.1) is 5.92 Å². The number of rotatable bonds is 5. The first-order valence-corrected chi connectivity index (χ1v) is 12.8. The summed E-state index contributed by atoms with van der Waals surface area (Å²) in [6, 6.07) is 7.78. The van der Waals surface area contributed by atoms with Crippen LogP contribution in [-0.4, -0.2) is 41.1 Å². The van der Waals surface area contributed by atoms with Crippen LogP contribution >= 0.6 is 0 Å². The molecule has 2 aliphatic carbocycles. The molecule has 4 heteroatoms. The van der Waals surface area contributed by atoms with E-state index in [2.05, 4.69) is 53.2 Å². The number of piperidine rings is 1. The lowest BCUT2D eigenvalue weighted by atomic mass is 9.72. The maximum atomic E-state index is 13.3. The molecule has 1 aromatic heterocycles. The fraction of sp³-hybridized carbons (Fsp3) is 0.667. The second kappa shape index (κ2) is 8.97. The van der Waals surface area contributed by atoms with Crippen LogP contribution in [0.1, 0.15) is 81.8 Å². The number of aromatic nitrogens is 1. The van der Waals surface area contributed by atoms with E-state index in [1.54, 1.807) is 0 Å². The Morgan fingerprint density at radius 1 is 1.16 bits per heavy atom. The van der Waals surface area contributed by atoms with Crippen molar-refractivity contribution in [1.29, 1.82) is 0 Å². The molecule has 0 bridgehead atoms. The summed E-state index contributed by atoms with van der Waals surface area (Å²) >= 11 is 0. The molecule has 2 fully saturated rings. The Bertz CT molecular complexity index is 924. The van der Waals surface area contributed by atoms with Gasteiger partial charge in [0.05, 0.1) is 5.92 Å². The molecular formula is C27H39N3O. The average Bonchev–Trinajstić information content (AvgIpc) is 2.94.